The molecule has 24 heavy (non-hydrogen) atoms. The first-order valence-corrected chi connectivity index (χ1v) is 9.72. The second kappa shape index (κ2) is 7.23. The molecule has 1 fully saturated rings. The predicted molar refractivity (Wildman–Crippen MR) is 94.7 cm³/mol. The molecule has 1 heterocycles. The van der Waals surface area contributed by atoms with Gasteiger partial charge in [0.2, 0.25) is 10.0 Å². The lowest BCUT2D eigenvalue weighted by atomic mass is 10.1. The average Bonchev–Trinajstić information content (AvgIpc) is 2.55. The van der Waals surface area contributed by atoms with Gasteiger partial charge in [-0.3, -0.25) is 0 Å². The normalized spacial score (nSPS) is 22.4. The molecule has 6 heteroatoms. The molecular weight excluding hydrogens is 346 g/mol. The summed E-state index contributed by atoms with van der Waals surface area (Å²) in [6, 6.07) is 16.4. The van der Waals surface area contributed by atoms with Crippen LogP contribution in [0, 0.1) is 0 Å². The molecule has 1 aliphatic heterocycles. The highest BCUT2D eigenvalue weighted by Gasteiger charge is 2.33. The lowest BCUT2D eigenvalue weighted by Gasteiger charge is -2.36. The van der Waals surface area contributed by atoms with Crippen molar-refractivity contribution < 1.29 is 13.2 Å². The summed E-state index contributed by atoms with van der Waals surface area (Å²) in [6.45, 7) is 2.59. The summed E-state index contributed by atoms with van der Waals surface area (Å²) in [5, 5.41) is 0.415. The summed E-state index contributed by atoms with van der Waals surface area (Å²) in [7, 11) is -3.57. The third kappa shape index (κ3) is 3.98. The van der Waals surface area contributed by atoms with Crippen LogP contribution < -0.4 is 0 Å². The maximum Gasteiger partial charge on any atom is 0.243 e. The number of morpholine rings is 1. The van der Waals surface area contributed by atoms with Crippen molar-refractivity contribution in [1.82, 2.24) is 4.31 Å². The third-order valence-corrected chi connectivity index (χ3v) is 6.10. The van der Waals surface area contributed by atoms with Crippen molar-refractivity contribution in [2.75, 3.05) is 13.1 Å². The van der Waals surface area contributed by atoms with Crippen molar-refractivity contribution >= 4 is 21.6 Å². The first-order valence-electron chi connectivity index (χ1n) is 7.90. The maximum atomic E-state index is 12.9. The molecule has 2 aromatic carbocycles. The van der Waals surface area contributed by atoms with Crippen LogP contribution in [0.1, 0.15) is 12.5 Å². The first-order chi connectivity index (χ1) is 11.4. The zero-order valence-electron chi connectivity index (χ0n) is 13.4. The van der Waals surface area contributed by atoms with E-state index < -0.39 is 10.0 Å². The summed E-state index contributed by atoms with van der Waals surface area (Å²) in [6.07, 6.45) is 0.374. The zero-order valence-corrected chi connectivity index (χ0v) is 15.0. The molecule has 1 aliphatic rings. The van der Waals surface area contributed by atoms with E-state index in [9.17, 15) is 8.42 Å². The molecule has 0 saturated carbocycles. The Kier molecular flexibility index (Phi) is 5.25. The van der Waals surface area contributed by atoms with Crippen molar-refractivity contribution in [3.63, 3.8) is 0 Å². The second-order valence-corrected chi connectivity index (χ2v) is 8.41. The molecule has 0 aliphatic carbocycles. The summed E-state index contributed by atoms with van der Waals surface area (Å²) < 4.78 is 33.2. The van der Waals surface area contributed by atoms with E-state index in [1.54, 1.807) is 18.2 Å². The number of benzene rings is 2. The molecule has 0 amide bonds. The Morgan fingerprint density at radius 1 is 1.12 bits per heavy atom. The van der Waals surface area contributed by atoms with Gasteiger partial charge in [0.05, 0.1) is 17.1 Å². The third-order valence-electron chi connectivity index (χ3n) is 4.03. The maximum absolute atomic E-state index is 12.9. The van der Waals surface area contributed by atoms with Gasteiger partial charge in [-0.25, -0.2) is 8.42 Å². The fourth-order valence-electron chi connectivity index (χ4n) is 2.97. The van der Waals surface area contributed by atoms with Crippen LogP contribution in [0.5, 0.6) is 0 Å². The molecular formula is C18H20ClNO3S. The Morgan fingerprint density at radius 3 is 2.58 bits per heavy atom. The largest absolute Gasteiger partial charge is 0.372 e. The van der Waals surface area contributed by atoms with Crippen LogP contribution in [0.2, 0.25) is 5.02 Å². The number of sulfonamides is 1. The highest BCUT2D eigenvalue weighted by atomic mass is 35.5. The number of ether oxygens (including phenoxy) is 1. The Morgan fingerprint density at radius 2 is 1.88 bits per heavy atom. The van der Waals surface area contributed by atoms with E-state index in [0.717, 1.165) is 5.56 Å². The summed E-state index contributed by atoms with van der Waals surface area (Å²) in [4.78, 5) is 0.225. The van der Waals surface area contributed by atoms with E-state index in [1.165, 1.54) is 10.4 Å². The SMILES string of the molecule is CC1CN(S(=O)(=O)c2cccc(Cl)c2)CC(Cc2ccccc2)O1. The topological polar surface area (TPSA) is 46.6 Å². The second-order valence-electron chi connectivity index (χ2n) is 6.04. The van der Waals surface area contributed by atoms with E-state index in [0.29, 0.717) is 24.5 Å². The molecule has 0 spiro atoms. The van der Waals surface area contributed by atoms with Crippen LogP contribution in [0.3, 0.4) is 0 Å². The Labute approximate surface area is 148 Å². The fraction of sp³-hybridized carbons (Fsp3) is 0.333. The van der Waals surface area contributed by atoms with Gasteiger partial charge < -0.3 is 4.74 Å². The number of hydrogen-bond acceptors (Lipinski definition) is 3. The van der Waals surface area contributed by atoms with Crippen LogP contribution in [0.25, 0.3) is 0 Å². The molecule has 0 radical (unpaired) electrons. The average molecular weight is 366 g/mol. The highest BCUT2D eigenvalue weighted by molar-refractivity contribution is 7.89. The molecule has 4 nitrogen and oxygen atoms in total. The van der Waals surface area contributed by atoms with E-state index in [4.69, 9.17) is 16.3 Å². The summed E-state index contributed by atoms with van der Waals surface area (Å²) in [5.74, 6) is 0. The molecule has 3 rings (SSSR count). The van der Waals surface area contributed by atoms with Crippen LogP contribution in [0.15, 0.2) is 59.5 Å². The standard InChI is InChI=1S/C18H20ClNO3S/c1-14-12-20(24(21,22)18-9-5-8-16(19)11-18)13-17(23-14)10-15-6-3-2-4-7-15/h2-9,11,14,17H,10,12-13H2,1H3. The Hall–Kier alpha value is -1.40. The van der Waals surface area contributed by atoms with Gasteiger partial charge in [-0.05, 0) is 37.1 Å². The molecule has 0 aromatic heterocycles. The van der Waals surface area contributed by atoms with Crippen LogP contribution in [0.4, 0.5) is 0 Å². The van der Waals surface area contributed by atoms with Gasteiger partial charge in [-0.1, -0.05) is 48.0 Å². The van der Waals surface area contributed by atoms with Crippen molar-refractivity contribution in [2.45, 2.75) is 30.4 Å². The van der Waals surface area contributed by atoms with Gasteiger partial charge in [0.25, 0.3) is 0 Å². The first kappa shape index (κ1) is 17.4. The van der Waals surface area contributed by atoms with Gasteiger partial charge in [0, 0.05) is 18.1 Å². The highest BCUT2D eigenvalue weighted by Crippen LogP contribution is 2.24. The minimum Gasteiger partial charge on any atom is -0.372 e. The number of halogens is 1. The summed E-state index contributed by atoms with van der Waals surface area (Å²) in [5.41, 5.74) is 1.14. The van der Waals surface area contributed by atoms with Crippen molar-refractivity contribution in [3.8, 4) is 0 Å². The van der Waals surface area contributed by atoms with E-state index in [1.807, 2.05) is 37.3 Å². The molecule has 0 bridgehead atoms. The van der Waals surface area contributed by atoms with Gasteiger partial charge >= 0.3 is 0 Å². The molecule has 0 N–H and O–H groups in total. The monoisotopic (exact) mass is 365 g/mol. The van der Waals surface area contributed by atoms with Gasteiger partial charge in [0.15, 0.2) is 0 Å². The molecule has 2 aromatic rings. The van der Waals surface area contributed by atoms with E-state index >= 15 is 0 Å². The number of nitrogens with zero attached hydrogens (tertiary/aromatic N) is 1. The molecule has 128 valence electrons. The fourth-order valence-corrected chi connectivity index (χ4v) is 4.81. The van der Waals surface area contributed by atoms with Crippen LogP contribution >= 0.6 is 11.6 Å². The number of hydrogen-bond donors (Lipinski definition) is 0. The van der Waals surface area contributed by atoms with Crippen LogP contribution in [-0.2, 0) is 21.2 Å². The quantitative estimate of drug-likeness (QED) is 0.834. The van der Waals surface area contributed by atoms with Gasteiger partial charge in [0.1, 0.15) is 0 Å². The van der Waals surface area contributed by atoms with Crippen molar-refractivity contribution in [2.24, 2.45) is 0 Å². The van der Waals surface area contributed by atoms with Crippen molar-refractivity contribution in [3.05, 3.63) is 65.2 Å². The smallest absolute Gasteiger partial charge is 0.243 e. The van der Waals surface area contributed by atoms with Crippen LogP contribution in [-0.4, -0.2) is 38.0 Å². The minimum atomic E-state index is -3.57. The van der Waals surface area contributed by atoms with E-state index in [-0.39, 0.29) is 17.1 Å². The lowest BCUT2D eigenvalue weighted by Crippen LogP contribution is -2.49. The lowest BCUT2D eigenvalue weighted by molar-refractivity contribution is -0.0529. The van der Waals surface area contributed by atoms with E-state index in [2.05, 4.69) is 0 Å². The Bertz CT molecular complexity index is 795. The van der Waals surface area contributed by atoms with Crippen molar-refractivity contribution in [1.29, 1.82) is 0 Å². The molecule has 2 atom stereocenters. The Balaban J connectivity index is 1.80. The zero-order chi connectivity index (χ0) is 17.2. The number of rotatable bonds is 4. The molecule has 2 unspecified atom stereocenters. The molecule has 1 saturated heterocycles. The van der Waals surface area contributed by atoms with Gasteiger partial charge in [-0.15, -0.1) is 0 Å². The predicted octanol–water partition coefficient (Wildman–Crippen LogP) is 3.36. The minimum absolute atomic E-state index is 0.151. The van der Waals surface area contributed by atoms with Gasteiger partial charge in [-0.2, -0.15) is 4.31 Å². The summed E-state index contributed by atoms with van der Waals surface area (Å²) >= 11 is 5.95.